The lowest BCUT2D eigenvalue weighted by molar-refractivity contribution is -0.154. The van der Waals surface area contributed by atoms with Gasteiger partial charge in [0.25, 0.3) is 0 Å². The summed E-state index contributed by atoms with van der Waals surface area (Å²) in [5.74, 6) is -1.50. The van der Waals surface area contributed by atoms with Crippen LogP contribution in [0.4, 0.5) is 13.2 Å². The van der Waals surface area contributed by atoms with Crippen LogP contribution in [0.5, 0.6) is 0 Å². The predicted octanol–water partition coefficient (Wildman–Crippen LogP) is -0.379. The quantitative estimate of drug-likeness (QED) is 0.734. The Kier molecular flexibility index (Phi) is 3.45. The van der Waals surface area contributed by atoms with Crippen LogP contribution in [0.2, 0.25) is 0 Å². The first kappa shape index (κ1) is 13.2. The molecule has 1 heterocycles. The van der Waals surface area contributed by atoms with Crippen molar-refractivity contribution in [3.05, 3.63) is 0 Å². The number of morpholine rings is 1. The van der Waals surface area contributed by atoms with E-state index >= 15 is 0 Å². The topological polar surface area (TPSA) is 83.9 Å². The van der Waals surface area contributed by atoms with Gasteiger partial charge in [-0.05, 0) is 0 Å². The van der Waals surface area contributed by atoms with Gasteiger partial charge in [-0.15, -0.1) is 0 Å². The second kappa shape index (κ2) is 4.18. The number of carbonyl (C=O) groups is 1. The molecule has 0 aromatic heterocycles. The second-order valence-electron chi connectivity index (χ2n) is 3.01. The summed E-state index contributed by atoms with van der Waals surface area (Å²) in [5, 5.41) is 8.50. The molecule has 1 N–H and O–H groups in total. The number of hydrogen-bond acceptors (Lipinski definition) is 4. The van der Waals surface area contributed by atoms with Crippen molar-refractivity contribution in [2.45, 2.75) is 11.6 Å². The van der Waals surface area contributed by atoms with Gasteiger partial charge < -0.3 is 9.84 Å². The molecule has 94 valence electrons. The zero-order valence-corrected chi connectivity index (χ0v) is 8.58. The minimum atomic E-state index is -5.48. The molecule has 1 saturated heterocycles. The third-order valence-corrected chi connectivity index (χ3v) is 3.53. The van der Waals surface area contributed by atoms with Crippen molar-refractivity contribution in [2.75, 3.05) is 19.7 Å². The molecular formula is C6H8F3NO5S. The smallest absolute Gasteiger partial charge is 0.479 e. The standard InChI is InChI=1S/C6H8F3NO5S/c7-6(8,9)16(13,14)10-1-2-15-4(3-10)5(11)12/h4H,1-3H2,(H,11,12). The van der Waals surface area contributed by atoms with Crippen LogP contribution in [0.3, 0.4) is 0 Å². The Hall–Kier alpha value is -0.870. The fraction of sp³-hybridized carbons (Fsp3) is 0.833. The number of ether oxygens (including phenoxy) is 1. The zero-order chi connectivity index (χ0) is 12.6. The molecular weight excluding hydrogens is 255 g/mol. The molecule has 0 radical (unpaired) electrons. The molecule has 0 aliphatic carbocycles. The van der Waals surface area contributed by atoms with Crippen molar-refractivity contribution < 1.29 is 36.2 Å². The van der Waals surface area contributed by atoms with Crippen molar-refractivity contribution in [1.29, 1.82) is 0 Å². The van der Waals surface area contributed by atoms with E-state index in [9.17, 15) is 26.4 Å². The number of carboxylic acids is 1. The van der Waals surface area contributed by atoms with Gasteiger partial charge in [0, 0.05) is 6.54 Å². The largest absolute Gasteiger partial charge is 0.511 e. The van der Waals surface area contributed by atoms with E-state index < -0.39 is 40.7 Å². The Balaban J connectivity index is 2.87. The Morgan fingerprint density at radius 3 is 2.44 bits per heavy atom. The van der Waals surface area contributed by atoms with Crippen LogP contribution in [-0.2, 0) is 19.6 Å². The number of carboxylic acid groups (broad SMARTS) is 1. The number of hydrogen-bond donors (Lipinski definition) is 1. The molecule has 1 atom stereocenters. The molecule has 0 aromatic carbocycles. The molecule has 6 nitrogen and oxygen atoms in total. The Morgan fingerprint density at radius 1 is 1.44 bits per heavy atom. The van der Waals surface area contributed by atoms with Gasteiger partial charge in [-0.2, -0.15) is 17.5 Å². The number of alkyl halides is 3. The van der Waals surface area contributed by atoms with E-state index in [2.05, 4.69) is 4.74 Å². The van der Waals surface area contributed by atoms with Crippen molar-refractivity contribution in [3.63, 3.8) is 0 Å². The third kappa shape index (κ3) is 2.44. The lowest BCUT2D eigenvalue weighted by Crippen LogP contribution is -2.51. The van der Waals surface area contributed by atoms with Gasteiger partial charge in [-0.3, -0.25) is 0 Å². The fourth-order valence-electron chi connectivity index (χ4n) is 1.14. The Bertz CT molecular complexity index is 378. The lowest BCUT2D eigenvalue weighted by atomic mass is 10.3. The molecule has 1 rings (SSSR count). The van der Waals surface area contributed by atoms with Crippen molar-refractivity contribution in [2.24, 2.45) is 0 Å². The monoisotopic (exact) mass is 263 g/mol. The van der Waals surface area contributed by atoms with Crippen LogP contribution in [0.25, 0.3) is 0 Å². The van der Waals surface area contributed by atoms with Crippen LogP contribution < -0.4 is 0 Å². The van der Waals surface area contributed by atoms with Gasteiger partial charge in [0.05, 0.1) is 13.2 Å². The van der Waals surface area contributed by atoms with Gasteiger partial charge >= 0.3 is 21.5 Å². The molecule has 1 fully saturated rings. The molecule has 0 bridgehead atoms. The third-order valence-electron chi connectivity index (χ3n) is 1.94. The van der Waals surface area contributed by atoms with Crippen LogP contribution in [-0.4, -0.2) is 55.1 Å². The molecule has 10 heteroatoms. The van der Waals surface area contributed by atoms with E-state index in [-0.39, 0.29) is 10.9 Å². The van der Waals surface area contributed by atoms with Crippen LogP contribution in [0.15, 0.2) is 0 Å². The van der Waals surface area contributed by atoms with E-state index in [0.717, 1.165) is 0 Å². The number of rotatable bonds is 2. The summed E-state index contributed by atoms with van der Waals surface area (Å²) in [6.07, 6.45) is -1.56. The summed E-state index contributed by atoms with van der Waals surface area (Å²) in [5.41, 5.74) is -5.42. The highest BCUT2D eigenvalue weighted by atomic mass is 32.2. The second-order valence-corrected chi connectivity index (χ2v) is 4.94. The van der Waals surface area contributed by atoms with Crippen LogP contribution >= 0.6 is 0 Å². The number of halogens is 3. The van der Waals surface area contributed by atoms with Gasteiger partial charge in [0.15, 0.2) is 6.10 Å². The molecule has 0 aromatic rings. The van der Waals surface area contributed by atoms with Crippen molar-refractivity contribution >= 4 is 16.0 Å². The highest BCUT2D eigenvalue weighted by molar-refractivity contribution is 7.90. The lowest BCUT2D eigenvalue weighted by Gasteiger charge is -2.30. The van der Waals surface area contributed by atoms with E-state index in [1.165, 1.54) is 0 Å². The van der Waals surface area contributed by atoms with Crippen LogP contribution in [0, 0.1) is 0 Å². The number of aliphatic carboxylic acids is 1. The average Bonchev–Trinajstić information content (AvgIpc) is 2.16. The van der Waals surface area contributed by atoms with Gasteiger partial charge in [0.2, 0.25) is 0 Å². The van der Waals surface area contributed by atoms with Crippen molar-refractivity contribution in [3.8, 4) is 0 Å². The fourth-order valence-corrected chi connectivity index (χ4v) is 2.08. The van der Waals surface area contributed by atoms with Gasteiger partial charge in [0.1, 0.15) is 0 Å². The number of nitrogens with zero attached hydrogens (tertiary/aromatic N) is 1. The first-order valence-corrected chi connectivity index (χ1v) is 5.51. The van der Waals surface area contributed by atoms with E-state index in [0.29, 0.717) is 0 Å². The minimum Gasteiger partial charge on any atom is -0.479 e. The maximum Gasteiger partial charge on any atom is 0.511 e. The predicted molar refractivity (Wildman–Crippen MR) is 43.9 cm³/mol. The molecule has 0 amide bonds. The highest BCUT2D eigenvalue weighted by Gasteiger charge is 2.51. The molecule has 1 unspecified atom stereocenters. The highest BCUT2D eigenvalue weighted by Crippen LogP contribution is 2.27. The summed E-state index contributed by atoms with van der Waals surface area (Å²) in [4.78, 5) is 10.4. The van der Waals surface area contributed by atoms with E-state index in [1.54, 1.807) is 0 Å². The maximum atomic E-state index is 12.1. The SMILES string of the molecule is O=C(O)C1CN(S(=O)(=O)C(F)(F)F)CCO1. The first-order valence-electron chi connectivity index (χ1n) is 4.07. The Morgan fingerprint density at radius 2 is 2.00 bits per heavy atom. The zero-order valence-electron chi connectivity index (χ0n) is 7.77. The average molecular weight is 263 g/mol. The molecule has 1 aliphatic rings. The normalized spacial score (nSPS) is 24.3. The molecule has 0 saturated carbocycles. The summed E-state index contributed by atoms with van der Waals surface area (Å²) in [6.45, 7) is -1.73. The molecule has 16 heavy (non-hydrogen) atoms. The molecule has 1 aliphatic heterocycles. The minimum absolute atomic E-state index is 0.0648. The van der Waals surface area contributed by atoms with Crippen molar-refractivity contribution in [1.82, 2.24) is 4.31 Å². The summed E-state index contributed by atoms with van der Waals surface area (Å²) in [6, 6.07) is 0. The maximum absolute atomic E-state index is 12.1. The summed E-state index contributed by atoms with van der Waals surface area (Å²) in [7, 11) is -5.48. The van der Waals surface area contributed by atoms with Gasteiger partial charge in [-0.1, -0.05) is 0 Å². The Labute approximate surface area is 88.6 Å². The first-order chi connectivity index (χ1) is 7.16. The number of sulfonamides is 1. The van der Waals surface area contributed by atoms with Crippen LogP contribution in [0.1, 0.15) is 0 Å². The molecule has 0 spiro atoms. The summed E-state index contributed by atoms with van der Waals surface area (Å²) >= 11 is 0. The van der Waals surface area contributed by atoms with E-state index in [4.69, 9.17) is 5.11 Å². The van der Waals surface area contributed by atoms with E-state index in [1.807, 2.05) is 0 Å². The van der Waals surface area contributed by atoms with Gasteiger partial charge in [-0.25, -0.2) is 13.2 Å². The summed E-state index contributed by atoms with van der Waals surface area (Å²) < 4.78 is 62.9.